The minimum atomic E-state index is -0.727. The van der Waals surface area contributed by atoms with Gasteiger partial charge in [-0.1, -0.05) is 54.5 Å². The quantitative estimate of drug-likeness (QED) is 0.108. The topological polar surface area (TPSA) is 145 Å². The molecule has 4 atom stereocenters. The first kappa shape index (κ1) is 46.1. The van der Waals surface area contributed by atoms with Crippen LogP contribution in [0.1, 0.15) is 188 Å². The third kappa shape index (κ3) is 11.7. The van der Waals surface area contributed by atoms with E-state index in [0.717, 1.165) is 79.5 Å². The molecule has 0 spiro atoms. The first-order valence-electron chi connectivity index (χ1n) is 24.8. The maximum absolute atomic E-state index is 13.3. The predicted molar refractivity (Wildman–Crippen MR) is 246 cm³/mol. The molecule has 0 N–H and O–H groups in total. The van der Waals surface area contributed by atoms with Crippen molar-refractivity contribution in [2.24, 2.45) is 11.8 Å². The fourth-order valence-corrected chi connectivity index (χ4v) is 13.5. The average Bonchev–Trinajstić information content (AvgIpc) is 3.31. The number of carbonyl (C=O) groups excluding carboxylic acids is 2. The van der Waals surface area contributed by atoms with Crippen LogP contribution in [-0.2, 0) is 9.47 Å². The highest BCUT2D eigenvalue weighted by molar-refractivity contribution is 9.10. The van der Waals surface area contributed by atoms with Crippen molar-refractivity contribution in [3.63, 3.8) is 0 Å². The van der Waals surface area contributed by atoms with E-state index >= 15 is 0 Å². The molecule has 2 aromatic rings. The predicted octanol–water partition coefficient (Wildman–Crippen LogP) is 12.3. The first-order valence-corrected chi connectivity index (χ1v) is 25.5. The number of ether oxygens (including phenoxy) is 2. The zero-order valence-corrected chi connectivity index (χ0v) is 38.7. The number of nitrogens with zero attached hydrogens (tertiary/aromatic N) is 4. The Bertz CT molecular complexity index is 1840. The molecular weight excluding hydrogens is 864 g/mol. The fourth-order valence-electron chi connectivity index (χ4n) is 13.2. The average molecular weight is 934 g/mol. The summed E-state index contributed by atoms with van der Waals surface area (Å²) in [6, 6.07) is 13.7. The number of nitro benzene ring substituents is 2. The number of halogens is 1. The molecule has 344 valence electrons. The fraction of sp³-hybridized carbons (Fsp3) is 0.720. The molecule has 13 heteroatoms. The number of nitro groups is 2. The molecule has 0 bridgehead atoms. The SMILES string of the molecule is O=C(OC1CCCC(N(C2CCCCC2)C2CCC(C3CCC(N(C4CCCCC4)C4CCCC(OC(=O)c5cc([N+](=O)[O-])cc([N+](=O)[O-])c5)C4)CC3)CC2)C1)c1ccc(Br)cc1. The highest BCUT2D eigenvalue weighted by atomic mass is 79.9. The minimum Gasteiger partial charge on any atom is -0.459 e. The van der Waals surface area contributed by atoms with Gasteiger partial charge in [-0.05, 0) is 165 Å². The number of rotatable bonds is 13. The normalized spacial score (nSPS) is 30.1. The zero-order chi connectivity index (χ0) is 43.9. The number of non-ortho nitro benzene ring substituents is 2. The number of esters is 2. The lowest BCUT2D eigenvalue weighted by Crippen LogP contribution is -2.54. The van der Waals surface area contributed by atoms with Gasteiger partial charge in [0.1, 0.15) is 12.2 Å². The molecule has 12 nitrogen and oxygen atoms in total. The summed E-state index contributed by atoms with van der Waals surface area (Å²) in [7, 11) is 0. The van der Waals surface area contributed by atoms with Crippen molar-refractivity contribution >= 4 is 39.2 Å². The van der Waals surface area contributed by atoms with Crippen molar-refractivity contribution in [1.82, 2.24) is 9.80 Å². The van der Waals surface area contributed by atoms with Crippen LogP contribution in [0, 0.1) is 32.1 Å². The van der Waals surface area contributed by atoms with E-state index < -0.39 is 27.2 Å². The van der Waals surface area contributed by atoms with Gasteiger partial charge in [0.2, 0.25) is 0 Å². The van der Waals surface area contributed by atoms with E-state index in [1.54, 1.807) is 0 Å². The lowest BCUT2D eigenvalue weighted by atomic mass is 9.70. The van der Waals surface area contributed by atoms with E-state index in [9.17, 15) is 29.8 Å². The standard InChI is InChI=1S/C50H69BrN4O8/c51-38-23-17-36(18-24-38)49(56)62-47-15-7-13-43(32-47)52(39-9-3-1-4-10-39)41-25-19-34(20-26-41)35-21-27-42(28-22-35)53(40-11-5-2-6-12-40)44-14-8-16-48(33-44)63-50(57)37-29-45(54(58)59)31-46(30-37)55(60)61/h17-18,23-24,29-31,34-35,39-44,47-48H,1-16,19-22,25-28,32-33H2. The van der Waals surface area contributed by atoms with Crippen molar-refractivity contribution in [3.8, 4) is 0 Å². The highest BCUT2D eigenvalue weighted by Gasteiger charge is 2.42. The Morgan fingerprint density at radius 3 is 1.27 bits per heavy atom. The van der Waals surface area contributed by atoms with E-state index in [0.29, 0.717) is 41.8 Å². The Morgan fingerprint density at radius 1 is 0.476 bits per heavy atom. The summed E-state index contributed by atoms with van der Waals surface area (Å²) in [6.45, 7) is 0. The molecule has 0 amide bonds. The van der Waals surface area contributed by atoms with Crippen molar-refractivity contribution in [1.29, 1.82) is 0 Å². The molecule has 0 heterocycles. The van der Waals surface area contributed by atoms with Gasteiger partial charge >= 0.3 is 11.9 Å². The Kier molecular flexibility index (Phi) is 15.9. The van der Waals surface area contributed by atoms with E-state index in [1.165, 1.54) is 122 Å². The largest absolute Gasteiger partial charge is 0.459 e. The molecule has 4 unspecified atom stereocenters. The monoisotopic (exact) mass is 932 g/mol. The first-order chi connectivity index (χ1) is 30.6. The Balaban J connectivity index is 0.870. The molecule has 6 fully saturated rings. The van der Waals surface area contributed by atoms with Crippen molar-refractivity contribution in [2.75, 3.05) is 0 Å². The van der Waals surface area contributed by atoms with Crippen molar-refractivity contribution in [2.45, 2.75) is 215 Å². The van der Waals surface area contributed by atoms with E-state index in [1.807, 2.05) is 24.3 Å². The van der Waals surface area contributed by atoms with Crippen molar-refractivity contribution < 1.29 is 28.9 Å². The summed E-state index contributed by atoms with van der Waals surface area (Å²) in [5.41, 5.74) is -0.495. The molecule has 2 aromatic carbocycles. The second kappa shape index (κ2) is 21.7. The van der Waals surface area contributed by atoms with E-state index in [-0.39, 0.29) is 23.7 Å². The summed E-state index contributed by atoms with van der Waals surface area (Å²) in [4.78, 5) is 53.9. The number of carbonyl (C=O) groups is 2. The molecule has 6 saturated carbocycles. The van der Waals surface area contributed by atoms with Crippen LogP contribution in [0.3, 0.4) is 0 Å². The van der Waals surface area contributed by atoms with Crippen LogP contribution < -0.4 is 0 Å². The van der Waals surface area contributed by atoms with Crippen LogP contribution in [0.4, 0.5) is 11.4 Å². The van der Waals surface area contributed by atoms with Gasteiger partial charge in [0.25, 0.3) is 11.4 Å². The maximum atomic E-state index is 13.3. The summed E-state index contributed by atoms with van der Waals surface area (Å²) in [5.74, 6) is 0.632. The van der Waals surface area contributed by atoms with Crippen LogP contribution in [0.5, 0.6) is 0 Å². The minimum absolute atomic E-state index is 0.0214. The maximum Gasteiger partial charge on any atom is 0.338 e. The van der Waals surface area contributed by atoms with Crippen LogP contribution in [0.15, 0.2) is 46.9 Å². The van der Waals surface area contributed by atoms with Gasteiger partial charge in [-0.25, -0.2) is 9.59 Å². The van der Waals surface area contributed by atoms with E-state index in [4.69, 9.17) is 9.47 Å². The molecule has 6 aliphatic carbocycles. The molecule has 0 aromatic heterocycles. The molecular formula is C50H69BrN4O8. The summed E-state index contributed by atoms with van der Waals surface area (Å²) >= 11 is 3.48. The van der Waals surface area contributed by atoms with Gasteiger partial charge in [-0.3, -0.25) is 30.0 Å². The van der Waals surface area contributed by atoms with Gasteiger partial charge in [0.15, 0.2) is 0 Å². The zero-order valence-electron chi connectivity index (χ0n) is 37.1. The summed E-state index contributed by atoms with van der Waals surface area (Å²) in [5, 5.41) is 23.0. The van der Waals surface area contributed by atoms with E-state index in [2.05, 4.69) is 25.7 Å². The van der Waals surface area contributed by atoms with Crippen LogP contribution in [-0.4, -0.2) is 80.0 Å². The third-order valence-electron chi connectivity index (χ3n) is 16.2. The lowest BCUT2D eigenvalue weighted by molar-refractivity contribution is -0.394. The molecule has 0 radical (unpaired) electrons. The number of benzene rings is 2. The van der Waals surface area contributed by atoms with Gasteiger partial charge in [0.05, 0.1) is 27.0 Å². The van der Waals surface area contributed by atoms with Crippen LogP contribution in [0.25, 0.3) is 0 Å². The number of hydrogen-bond donors (Lipinski definition) is 0. The molecule has 63 heavy (non-hydrogen) atoms. The molecule has 0 saturated heterocycles. The van der Waals surface area contributed by atoms with Gasteiger partial charge < -0.3 is 9.47 Å². The Labute approximate surface area is 382 Å². The highest BCUT2D eigenvalue weighted by Crippen LogP contribution is 2.45. The second-order valence-electron chi connectivity index (χ2n) is 20.1. The second-order valence-corrected chi connectivity index (χ2v) is 21.0. The molecule has 8 rings (SSSR count). The molecule has 0 aliphatic heterocycles. The lowest BCUT2D eigenvalue weighted by Gasteiger charge is -2.51. The summed E-state index contributed by atoms with van der Waals surface area (Å²) in [6.07, 6.45) is 30.4. The van der Waals surface area contributed by atoms with Gasteiger partial charge in [0, 0.05) is 52.9 Å². The van der Waals surface area contributed by atoms with Gasteiger partial charge in [-0.2, -0.15) is 0 Å². The third-order valence-corrected chi connectivity index (χ3v) is 16.7. The van der Waals surface area contributed by atoms with Crippen LogP contribution in [0.2, 0.25) is 0 Å². The number of hydrogen-bond acceptors (Lipinski definition) is 10. The summed E-state index contributed by atoms with van der Waals surface area (Å²) < 4.78 is 13.2. The Hall–Kier alpha value is -3.42. The van der Waals surface area contributed by atoms with Crippen molar-refractivity contribution in [3.05, 3.63) is 78.3 Å². The smallest absolute Gasteiger partial charge is 0.338 e. The van der Waals surface area contributed by atoms with Gasteiger partial charge in [-0.15, -0.1) is 0 Å². The Morgan fingerprint density at radius 2 is 0.857 bits per heavy atom. The molecule has 6 aliphatic rings. The van der Waals surface area contributed by atoms with Crippen LogP contribution >= 0.6 is 15.9 Å².